The molecule has 0 amide bonds. The highest BCUT2D eigenvalue weighted by Gasteiger charge is 1.85. The van der Waals surface area contributed by atoms with Crippen molar-refractivity contribution in [1.82, 2.24) is 0 Å². The van der Waals surface area contributed by atoms with Gasteiger partial charge in [0, 0.05) is 4.90 Å². The molecule has 0 aromatic heterocycles. The minimum absolute atomic E-state index is 1.03. The van der Waals surface area contributed by atoms with Crippen LogP contribution >= 0.6 is 12.6 Å². The van der Waals surface area contributed by atoms with Gasteiger partial charge in [0.2, 0.25) is 0 Å². The second kappa shape index (κ2) is 2.23. The van der Waals surface area contributed by atoms with Gasteiger partial charge in [-0.1, -0.05) is 12.1 Å². The molecule has 0 bridgehead atoms. The summed E-state index contributed by atoms with van der Waals surface area (Å²) in [4.78, 5) is 1.03. The van der Waals surface area contributed by atoms with E-state index in [4.69, 9.17) is 0 Å². The van der Waals surface area contributed by atoms with Gasteiger partial charge in [-0.2, -0.15) is 0 Å². The second-order valence-corrected chi connectivity index (χ2v) is 2.19. The van der Waals surface area contributed by atoms with E-state index in [0.717, 1.165) is 4.90 Å². The van der Waals surface area contributed by atoms with E-state index in [-0.39, 0.29) is 0 Å². The van der Waals surface area contributed by atoms with Crippen LogP contribution in [0.5, 0.6) is 0 Å². The highest BCUT2D eigenvalue weighted by atomic mass is 32.1. The highest BCUT2D eigenvalue weighted by molar-refractivity contribution is 7.80. The van der Waals surface area contributed by atoms with Crippen molar-refractivity contribution in [3.63, 3.8) is 0 Å². The zero-order valence-corrected chi connectivity index (χ0v) is 5.57. The van der Waals surface area contributed by atoms with Crippen LogP contribution in [-0.2, 0) is 0 Å². The standard InChI is InChI=1S/C7H7S/c1-6-4-2-3-5-7(6)8/h3-5,8H,1H3. The van der Waals surface area contributed by atoms with Gasteiger partial charge in [0.15, 0.2) is 0 Å². The van der Waals surface area contributed by atoms with Crippen molar-refractivity contribution in [3.8, 4) is 0 Å². The van der Waals surface area contributed by atoms with Gasteiger partial charge >= 0.3 is 0 Å². The van der Waals surface area contributed by atoms with Gasteiger partial charge < -0.3 is 0 Å². The van der Waals surface area contributed by atoms with Crippen molar-refractivity contribution in [1.29, 1.82) is 0 Å². The molecule has 0 nitrogen and oxygen atoms in total. The molecule has 0 saturated carbocycles. The summed E-state index contributed by atoms with van der Waals surface area (Å²) in [7, 11) is 0. The molecule has 1 heteroatoms. The number of rotatable bonds is 0. The largest absolute Gasteiger partial charge is 0.143 e. The fourth-order valence-corrected chi connectivity index (χ4v) is 0.645. The van der Waals surface area contributed by atoms with Crippen LogP contribution in [0.1, 0.15) is 5.56 Å². The number of aryl methyl sites for hydroxylation is 1. The second-order valence-electron chi connectivity index (χ2n) is 1.71. The van der Waals surface area contributed by atoms with Crippen molar-refractivity contribution < 1.29 is 0 Å². The van der Waals surface area contributed by atoms with Crippen molar-refractivity contribution in [2.45, 2.75) is 11.8 Å². The third kappa shape index (κ3) is 1.04. The Morgan fingerprint density at radius 3 is 2.75 bits per heavy atom. The first-order valence-electron chi connectivity index (χ1n) is 2.46. The number of hydrogen-bond acceptors (Lipinski definition) is 1. The quantitative estimate of drug-likeness (QED) is 0.502. The molecular weight excluding hydrogens is 116 g/mol. The molecule has 0 aliphatic rings. The SMILES string of the molecule is Cc1c[c]ccc1S. The van der Waals surface area contributed by atoms with Crippen LogP contribution in [0.4, 0.5) is 0 Å². The molecule has 0 spiro atoms. The predicted octanol–water partition coefficient (Wildman–Crippen LogP) is 2.08. The van der Waals surface area contributed by atoms with Crippen LogP contribution < -0.4 is 0 Å². The third-order valence-corrected chi connectivity index (χ3v) is 1.54. The molecule has 41 valence electrons. The minimum Gasteiger partial charge on any atom is -0.143 e. The third-order valence-electron chi connectivity index (χ3n) is 1.04. The average molecular weight is 123 g/mol. The highest BCUT2D eigenvalue weighted by Crippen LogP contribution is 2.09. The van der Waals surface area contributed by atoms with Crippen molar-refractivity contribution in [2.75, 3.05) is 0 Å². The molecule has 0 N–H and O–H groups in total. The summed E-state index contributed by atoms with van der Waals surface area (Å²) < 4.78 is 0. The number of benzene rings is 1. The smallest absolute Gasteiger partial charge is 0.00696 e. The summed E-state index contributed by atoms with van der Waals surface area (Å²) in [5.74, 6) is 0. The Bertz CT molecular complexity index is 160. The molecule has 1 aromatic carbocycles. The van der Waals surface area contributed by atoms with Gasteiger partial charge in [0.1, 0.15) is 0 Å². The van der Waals surface area contributed by atoms with Gasteiger partial charge in [0.25, 0.3) is 0 Å². The monoisotopic (exact) mass is 123 g/mol. The summed E-state index contributed by atoms with van der Waals surface area (Å²) in [6.45, 7) is 2.01. The molecule has 1 radical (unpaired) electrons. The van der Waals surface area contributed by atoms with E-state index in [1.807, 2.05) is 25.1 Å². The molecule has 0 aliphatic carbocycles. The lowest BCUT2D eigenvalue weighted by molar-refractivity contribution is 1.31. The Labute approximate surface area is 55.0 Å². The van der Waals surface area contributed by atoms with E-state index >= 15 is 0 Å². The van der Waals surface area contributed by atoms with Crippen LogP contribution in [-0.4, -0.2) is 0 Å². The van der Waals surface area contributed by atoms with E-state index in [1.165, 1.54) is 5.56 Å². The Kier molecular flexibility index (Phi) is 1.59. The minimum atomic E-state index is 1.03. The Balaban J connectivity index is 3.13. The molecule has 1 rings (SSSR count). The lowest BCUT2D eigenvalue weighted by Crippen LogP contribution is -1.70. The van der Waals surface area contributed by atoms with E-state index in [0.29, 0.717) is 0 Å². The summed E-state index contributed by atoms with van der Waals surface area (Å²) in [5, 5.41) is 0. The van der Waals surface area contributed by atoms with Crippen molar-refractivity contribution >= 4 is 12.6 Å². The predicted molar refractivity (Wildman–Crippen MR) is 37.3 cm³/mol. The van der Waals surface area contributed by atoms with Crippen LogP contribution in [0.15, 0.2) is 23.1 Å². The Morgan fingerprint density at radius 2 is 2.38 bits per heavy atom. The zero-order chi connectivity index (χ0) is 5.98. The van der Waals surface area contributed by atoms with Crippen LogP contribution in [0.2, 0.25) is 0 Å². The first kappa shape index (κ1) is 5.70. The first-order valence-corrected chi connectivity index (χ1v) is 2.91. The average Bonchev–Trinajstić information content (AvgIpc) is 1.77. The molecule has 8 heavy (non-hydrogen) atoms. The molecule has 0 heterocycles. The fourth-order valence-electron chi connectivity index (χ4n) is 0.506. The molecule has 0 saturated heterocycles. The normalized spacial score (nSPS) is 9.25. The summed E-state index contributed by atoms with van der Waals surface area (Å²) in [5.41, 5.74) is 1.18. The molecule has 0 aliphatic heterocycles. The van der Waals surface area contributed by atoms with Gasteiger partial charge in [-0.15, -0.1) is 12.6 Å². The maximum atomic E-state index is 4.18. The molecule has 1 aromatic rings. The van der Waals surface area contributed by atoms with E-state index in [2.05, 4.69) is 18.7 Å². The van der Waals surface area contributed by atoms with E-state index in [9.17, 15) is 0 Å². The van der Waals surface area contributed by atoms with Gasteiger partial charge in [-0.25, -0.2) is 0 Å². The van der Waals surface area contributed by atoms with Crippen LogP contribution in [0.3, 0.4) is 0 Å². The number of hydrogen-bond donors (Lipinski definition) is 1. The van der Waals surface area contributed by atoms with Crippen molar-refractivity contribution in [2.24, 2.45) is 0 Å². The van der Waals surface area contributed by atoms with Gasteiger partial charge in [0.05, 0.1) is 0 Å². The van der Waals surface area contributed by atoms with Crippen LogP contribution in [0, 0.1) is 13.0 Å². The Hall–Kier alpha value is -0.430. The maximum absolute atomic E-state index is 4.18. The summed E-state index contributed by atoms with van der Waals surface area (Å²) in [6.07, 6.45) is 0. The maximum Gasteiger partial charge on any atom is 0.00696 e. The van der Waals surface area contributed by atoms with E-state index < -0.39 is 0 Å². The van der Waals surface area contributed by atoms with Crippen molar-refractivity contribution in [3.05, 3.63) is 29.8 Å². The zero-order valence-electron chi connectivity index (χ0n) is 4.68. The molecule has 0 fully saturated rings. The van der Waals surface area contributed by atoms with E-state index in [1.54, 1.807) is 0 Å². The summed E-state index contributed by atoms with van der Waals surface area (Å²) >= 11 is 4.18. The molecule has 0 atom stereocenters. The fraction of sp³-hybridized carbons (Fsp3) is 0.143. The summed E-state index contributed by atoms with van der Waals surface area (Å²) in [6, 6.07) is 8.66. The molecular formula is C7H7S. The van der Waals surface area contributed by atoms with Gasteiger partial charge in [-0.05, 0) is 24.6 Å². The topological polar surface area (TPSA) is 0 Å². The Morgan fingerprint density at radius 1 is 1.62 bits per heavy atom. The first-order chi connectivity index (χ1) is 3.80. The molecule has 0 unspecified atom stereocenters. The lowest BCUT2D eigenvalue weighted by Gasteiger charge is -1.92. The number of thiol groups is 1. The van der Waals surface area contributed by atoms with Gasteiger partial charge in [-0.3, -0.25) is 0 Å². The van der Waals surface area contributed by atoms with Crippen LogP contribution in [0.25, 0.3) is 0 Å². The lowest BCUT2D eigenvalue weighted by atomic mass is 10.2.